The van der Waals surface area contributed by atoms with E-state index in [2.05, 4.69) is 37.9 Å². The number of carbonyl (C=O) groups excluding carboxylic acids is 1. The van der Waals surface area contributed by atoms with Crippen molar-refractivity contribution in [1.82, 2.24) is 10.2 Å². The van der Waals surface area contributed by atoms with Gasteiger partial charge in [-0.1, -0.05) is 27.7 Å². The second-order valence-electron chi connectivity index (χ2n) is 5.95. The van der Waals surface area contributed by atoms with Crippen molar-refractivity contribution in [1.29, 1.82) is 0 Å². The van der Waals surface area contributed by atoms with Crippen LogP contribution in [0.3, 0.4) is 0 Å². The van der Waals surface area contributed by atoms with Crippen molar-refractivity contribution in [3.05, 3.63) is 0 Å². The maximum atomic E-state index is 11.7. The zero-order chi connectivity index (χ0) is 12.2. The summed E-state index contributed by atoms with van der Waals surface area (Å²) in [6, 6.07) is 0.679. The van der Waals surface area contributed by atoms with E-state index >= 15 is 0 Å². The highest BCUT2D eigenvalue weighted by Gasteiger charge is 2.28. The Hall–Kier alpha value is -0.570. The van der Waals surface area contributed by atoms with Crippen molar-refractivity contribution < 1.29 is 4.79 Å². The highest BCUT2D eigenvalue weighted by molar-refractivity contribution is 5.78. The second-order valence-corrected chi connectivity index (χ2v) is 5.95. The lowest BCUT2D eigenvalue weighted by Crippen LogP contribution is -2.39. The van der Waals surface area contributed by atoms with Gasteiger partial charge in [-0.25, -0.2) is 0 Å². The first-order valence-corrected chi connectivity index (χ1v) is 6.43. The van der Waals surface area contributed by atoms with Gasteiger partial charge >= 0.3 is 0 Å². The van der Waals surface area contributed by atoms with Crippen LogP contribution in [0.4, 0.5) is 0 Å². The molecular weight excluding hydrogens is 200 g/mol. The molecule has 0 aromatic carbocycles. The van der Waals surface area contributed by atoms with E-state index in [1.165, 1.54) is 12.8 Å². The van der Waals surface area contributed by atoms with Gasteiger partial charge in [0.15, 0.2) is 0 Å². The molecule has 0 aromatic rings. The van der Waals surface area contributed by atoms with Crippen LogP contribution in [0, 0.1) is 5.41 Å². The molecular formula is C13H26N2O. The zero-order valence-corrected chi connectivity index (χ0v) is 11.2. The Morgan fingerprint density at radius 1 is 1.38 bits per heavy atom. The first-order chi connectivity index (χ1) is 7.42. The topological polar surface area (TPSA) is 32.3 Å². The Balaban J connectivity index is 2.14. The van der Waals surface area contributed by atoms with Gasteiger partial charge in [-0.2, -0.15) is 0 Å². The SMILES string of the molecule is CCN(CC(=O)NCCC(C)(C)C)C1CC1. The van der Waals surface area contributed by atoms with Crippen LogP contribution in [-0.4, -0.2) is 36.5 Å². The molecule has 0 heterocycles. The predicted molar refractivity (Wildman–Crippen MR) is 67.4 cm³/mol. The fraction of sp³-hybridized carbons (Fsp3) is 0.923. The number of rotatable bonds is 6. The van der Waals surface area contributed by atoms with Crippen LogP contribution in [0.15, 0.2) is 0 Å². The third-order valence-corrected chi connectivity index (χ3v) is 3.01. The molecule has 3 nitrogen and oxygen atoms in total. The Bertz CT molecular complexity index is 229. The van der Waals surface area contributed by atoms with Crippen molar-refractivity contribution in [2.45, 2.75) is 53.0 Å². The normalized spacial score (nSPS) is 16.6. The van der Waals surface area contributed by atoms with Gasteiger partial charge in [0.05, 0.1) is 6.54 Å². The van der Waals surface area contributed by atoms with Gasteiger partial charge in [0.25, 0.3) is 0 Å². The number of nitrogens with zero attached hydrogens (tertiary/aromatic N) is 1. The van der Waals surface area contributed by atoms with Crippen molar-refractivity contribution in [2.24, 2.45) is 5.41 Å². The molecule has 1 N–H and O–H groups in total. The predicted octanol–water partition coefficient (Wildman–Crippen LogP) is 2.02. The molecule has 0 aliphatic heterocycles. The number of hydrogen-bond acceptors (Lipinski definition) is 2. The number of carbonyl (C=O) groups is 1. The van der Waals surface area contributed by atoms with Crippen LogP contribution < -0.4 is 5.32 Å². The molecule has 1 amide bonds. The molecule has 0 atom stereocenters. The van der Waals surface area contributed by atoms with Crippen LogP contribution in [0.5, 0.6) is 0 Å². The first kappa shape index (κ1) is 13.5. The summed E-state index contributed by atoms with van der Waals surface area (Å²) in [7, 11) is 0. The summed E-state index contributed by atoms with van der Waals surface area (Å²) < 4.78 is 0. The van der Waals surface area contributed by atoms with E-state index < -0.39 is 0 Å². The van der Waals surface area contributed by atoms with Gasteiger partial charge in [-0.05, 0) is 31.2 Å². The summed E-state index contributed by atoms with van der Waals surface area (Å²) in [6.45, 7) is 11.1. The van der Waals surface area contributed by atoms with E-state index in [1.807, 2.05) is 0 Å². The lowest BCUT2D eigenvalue weighted by Gasteiger charge is -2.21. The van der Waals surface area contributed by atoms with E-state index in [-0.39, 0.29) is 5.91 Å². The molecule has 0 bridgehead atoms. The quantitative estimate of drug-likeness (QED) is 0.751. The van der Waals surface area contributed by atoms with E-state index in [0.29, 0.717) is 18.0 Å². The minimum atomic E-state index is 0.179. The monoisotopic (exact) mass is 226 g/mol. The minimum Gasteiger partial charge on any atom is -0.355 e. The highest BCUT2D eigenvalue weighted by Crippen LogP contribution is 2.25. The van der Waals surface area contributed by atoms with Gasteiger partial charge in [-0.3, -0.25) is 9.69 Å². The van der Waals surface area contributed by atoms with Gasteiger partial charge in [-0.15, -0.1) is 0 Å². The van der Waals surface area contributed by atoms with Crippen molar-refractivity contribution in [2.75, 3.05) is 19.6 Å². The average Bonchev–Trinajstić information content (AvgIpc) is 2.95. The molecule has 1 aliphatic rings. The second kappa shape index (κ2) is 5.67. The van der Waals surface area contributed by atoms with Gasteiger partial charge in [0.2, 0.25) is 5.91 Å². The molecule has 0 radical (unpaired) electrons. The van der Waals surface area contributed by atoms with Crippen LogP contribution in [0.1, 0.15) is 47.0 Å². The van der Waals surface area contributed by atoms with Gasteiger partial charge in [0.1, 0.15) is 0 Å². The largest absolute Gasteiger partial charge is 0.355 e. The summed E-state index contributed by atoms with van der Waals surface area (Å²) in [5, 5.41) is 3.01. The van der Waals surface area contributed by atoms with Crippen LogP contribution in [0.2, 0.25) is 0 Å². The maximum Gasteiger partial charge on any atom is 0.234 e. The van der Waals surface area contributed by atoms with Crippen molar-refractivity contribution in [3.63, 3.8) is 0 Å². The van der Waals surface area contributed by atoms with Crippen molar-refractivity contribution >= 4 is 5.91 Å². The van der Waals surface area contributed by atoms with Crippen LogP contribution in [-0.2, 0) is 4.79 Å². The molecule has 0 unspecified atom stereocenters. The Morgan fingerprint density at radius 2 is 2.00 bits per heavy atom. The lowest BCUT2D eigenvalue weighted by atomic mass is 9.92. The third-order valence-electron chi connectivity index (χ3n) is 3.01. The first-order valence-electron chi connectivity index (χ1n) is 6.43. The molecule has 1 rings (SSSR count). The minimum absolute atomic E-state index is 0.179. The lowest BCUT2D eigenvalue weighted by molar-refractivity contribution is -0.122. The standard InChI is InChI=1S/C13H26N2O/c1-5-15(11-6-7-11)10-12(16)14-9-8-13(2,3)4/h11H,5-10H2,1-4H3,(H,14,16). The van der Waals surface area contributed by atoms with Gasteiger partial charge in [0, 0.05) is 12.6 Å². The van der Waals surface area contributed by atoms with E-state index in [0.717, 1.165) is 19.5 Å². The molecule has 94 valence electrons. The van der Waals surface area contributed by atoms with Crippen LogP contribution >= 0.6 is 0 Å². The van der Waals surface area contributed by atoms with Crippen molar-refractivity contribution in [3.8, 4) is 0 Å². The molecule has 0 spiro atoms. The average molecular weight is 226 g/mol. The number of likely N-dealkylation sites (N-methyl/N-ethyl adjacent to an activating group) is 1. The molecule has 0 saturated heterocycles. The molecule has 0 aromatic heterocycles. The van der Waals surface area contributed by atoms with E-state index in [9.17, 15) is 4.79 Å². The van der Waals surface area contributed by atoms with E-state index in [4.69, 9.17) is 0 Å². The summed E-state index contributed by atoms with van der Waals surface area (Å²) in [5.74, 6) is 0.179. The maximum absolute atomic E-state index is 11.7. The third kappa shape index (κ3) is 5.50. The summed E-state index contributed by atoms with van der Waals surface area (Å²) in [5.41, 5.74) is 0.300. The highest BCUT2D eigenvalue weighted by atomic mass is 16.2. The van der Waals surface area contributed by atoms with Crippen LogP contribution in [0.25, 0.3) is 0 Å². The van der Waals surface area contributed by atoms with Gasteiger partial charge < -0.3 is 5.32 Å². The smallest absolute Gasteiger partial charge is 0.234 e. The fourth-order valence-electron chi connectivity index (χ4n) is 1.76. The molecule has 1 aliphatic carbocycles. The number of hydrogen-bond donors (Lipinski definition) is 1. The Kier molecular flexibility index (Phi) is 4.78. The summed E-state index contributed by atoms with van der Waals surface area (Å²) >= 11 is 0. The van der Waals surface area contributed by atoms with E-state index in [1.54, 1.807) is 0 Å². The Labute approximate surface area is 99.6 Å². The molecule has 1 saturated carbocycles. The Morgan fingerprint density at radius 3 is 2.44 bits per heavy atom. The molecule has 3 heteroatoms. The fourth-order valence-corrected chi connectivity index (χ4v) is 1.76. The zero-order valence-electron chi connectivity index (χ0n) is 11.2. The molecule has 16 heavy (non-hydrogen) atoms. The number of nitrogens with one attached hydrogen (secondary N) is 1. The summed E-state index contributed by atoms with van der Waals surface area (Å²) in [4.78, 5) is 13.9. The summed E-state index contributed by atoms with van der Waals surface area (Å²) in [6.07, 6.45) is 3.57. The number of amides is 1. The molecule has 1 fully saturated rings.